The van der Waals surface area contributed by atoms with Crippen molar-refractivity contribution in [2.45, 2.75) is 57.6 Å². The molecular formula is C26H30N4O3S. The Morgan fingerprint density at radius 1 is 1.12 bits per heavy atom. The predicted octanol–water partition coefficient (Wildman–Crippen LogP) is 5.33. The van der Waals surface area contributed by atoms with Crippen molar-refractivity contribution in [2.24, 2.45) is 0 Å². The van der Waals surface area contributed by atoms with Crippen LogP contribution in [-0.4, -0.2) is 40.6 Å². The van der Waals surface area contributed by atoms with E-state index in [0.29, 0.717) is 11.4 Å². The fraction of sp³-hybridized carbons (Fsp3) is 0.423. The topological polar surface area (TPSA) is 76.6 Å². The van der Waals surface area contributed by atoms with Crippen LogP contribution in [-0.2, 0) is 0 Å². The lowest BCUT2D eigenvalue weighted by atomic mass is 10.00. The maximum atomic E-state index is 13.4. The lowest BCUT2D eigenvalue weighted by Crippen LogP contribution is -2.48. The number of thiazole rings is 1. The number of pyridine rings is 1. The van der Waals surface area contributed by atoms with E-state index >= 15 is 0 Å². The molecule has 0 radical (unpaired) electrons. The van der Waals surface area contributed by atoms with Gasteiger partial charge in [-0.15, -0.1) is 11.3 Å². The summed E-state index contributed by atoms with van der Waals surface area (Å²) in [4.78, 5) is 23.0. The standard InChI is InChI=1S/C26H30N4O3S/c1-17-24(34-25(28-17)21-10-5-6-14-27-21)26(31)30-15-7-11-20(29-30)18-12-13-22(32-2)23(16-18)33-19-8-3-4-9-19/h5-6,10,12-14,16,19-20,29H,3-4,7-9,11,15H2,1-2H3. The number of benzene rings is 1. The Morgan fingerprint density at radius 2 is 1.97 bits per heavy atom. The Bertz CT molecular complexity index is 1140. The molecular weight excluding hydrogens is 448 g/mol. The summed E-state index contributed by atoms with van der Waals surface area (Å²) in [6.07, 6.45) is 8.46. The van der Waals surface area contributed by atoms with E-state index in [-0.39, 0.29) is 18.1 Å². The van der Waals surface area contributed by atoms with E-state index < -0.39 is 0 Å². The number of hydrazine groups is 1. The average Bonchev–Trinajstić information content (AvgIpc) is 3.54. The third-order valence-corrected chi connectivity index (χ3v) is 7.66. The monoisotopic (exact) mass is 478 g/mol. The number of methoxy groups -OCH3 is 1. The molecule has 34 heavy (non-hydrogen) atoms. The van der Waals surface area contributed by atoms with E-state index in [9.17, 15) is 4.79 Å². The molecule has 0 spiro atoms. The molecule has 1 amide bonds. The first-order chi connectivity index (χ1) is 16.6. The normalized spacial score (nSPS) is 18.8. The molecule has 8 heteroatoms. The molecule has 1 aromatic carbocycles. The molecule has 2 aromatic heterocycles. The number of ether oxygens (including phenoxy) is 2. The van der Waals surface area contributed by atoms with Gasteiger partial charge < -0.3 is 9.47 Å². The average molecular weight is 479 g/mol. The molecule has 1 aliphatic heterocycles. The number of hydrogen-bond donors (Lipinski definition) is 1. The second-order valence-electron chi connectivity index (χ2n) is 8.86. The van der Waals surface area contributed by atoms with Gasteiger partial charge in [0.05, 0.1) is 30.6 Å². The summed E-state index contributed by atoms with van der Waals surface area (Å²) in [5, 5.41) is 2.50. The van der Waals surface area contributed by atoms with Gasteiger partial charge in [0.15, 0.2) is 11.5 Å². The number of amides is 1. The summed E-state index contributed by atoms with van der Waals surface area (Å²) in [6, 6.07) is 11.8. The van der Waals surface area contributed by atoms with Crippen LogP contribution in [0.3, 0.4) is 0 Å². The summed E-state index contributed by atoms with van der Waals surface area (Å²) >= 11 is 1.40. The van der Waals surface area contributed by atoms with E-state index in [4.69, 9.17) is 9.47 Å². The van der Waals surface area contributed by atoms with Crippen LogP contribution in [0.5, 0.6) is 11.5 Å². The van der Waals surface area contributed by atoms with Crippen molar-refractivity contribution in [3.8, 4) is 22.2 Å². The van der Waals surface area contributed by atoms with Gasteiger partial charge in [-0.1, -0.05) is 12.1 Å². The van der Waals surface area contributed by atoms with Gasteiger partial charge in [-0.3, -0.25) is 14.8 Å². The number of rotatable bonds is 6. The number of hydrogen-bond acceptors (Lipinski definition) is 7. The molecule has 1 N–H and O–H groups in total. The molecule has 1 aliphatic carbocycles. The van der Waals surface area contributed by atoms with Crippen molar-refractivity contribution in [3.05, 3.63) is 58.7 Å². The van der Waals surface area contributed by atoms with Gasteiger partial charge >= 0.3 is 0 Å². The van der Waals surface area contributed by atoms with Crippen LogP contribution in [0.25, 0.3) is 10.7 Å². The van der Waals surface area contributed by atoms with Crippen LogP contribution >= 0.6 is 11.3 Å². The second-order valence-corrected chi connectivity index (χ2v) is 9.86. The fourth-order valence-corrected chi connectivity index (χ4v) is 5.67. The molecule has 1 saturated heterocycles. The predicted molar refractivity (Wildman–Crippen MR) is 132 cm³/mol. The minimum atomic E-state index is -0.0437. The van der Waals surface area contributed by atoms with Crippen molar-refractivity contribution in [1.29, 1.82) is 0 Å². The highest BCUT2D eigenvalue weighted by atomic mass is 32.1. The minimum Gasteiger partial charge on any atom is -0.493 e. The first-order valence-corrected chi connectivity index (χ1v) is 12.8. The number of aromatic nitrogens is 2. The maximum Gasteiger partial charge on any atom is 0.279 e. The van der Waals surface area contributed by atoms with Crippen LogP contribution in [0.15, 0.2) is 42.6 Å². The quantitative estimate of drug-likeness (QED) is 0.516. The Balaban J connectivity index is 1.33. The van der Waals surface area contributed by atoms with Gasteiger partial charge in [0, 0.05) is 12.7 Å². The zero-order chi connectivity index (χ0) is 23.5. The van der Waals surface area contributed by atoms with E-state index in [0.717, 1.165) is 59.1 Å². The lowest BCUT2D eigenvalue weighted by Gasteiger charge is -2.34. The van der Waals surface area contributed by atoms with Crippen LogP contribution in [0, 0.1) is 6.92 Å². The summed E-state index contributed by atoms with van der Waals surface area (Å²) in [5.41, 5.74) is 6.07. The van der Waals surface area contributed by atoms with Crippen molar-refractivity contribution < 1.29 is 14.3 Å². The van der Waals surface area contributed by atoms with Crippen molar-refractivity contribution in [3.63, 3.8) is 0 Å². The third-order valence-electron chi connectivity index (χ3n) is 6.49. The van der Waals surface area contributed by atoms with Gasteiger partial charge in [-0.25, -0.2) is 10.4 Å². The first-order valence-electron chi connectivity index (χ1n) is 11.9. The maximum absolute atomic E-state index is 13.4. The van der Waals surface area contributed by atoms with E-state index in [2.05, 4.69) is 27.5 Å². The third kappa shape index (κ3) is 4.79. The first kappa shape index (κ1) is 22.8. The fourth-order valence-electron chi connectivity index (χ4n) is 4.68. The largest absolute Gasteiger partial charge is 0.493 e. The van der Waals surface area contributed by atoms with E-state index in [1.807, 2.05) is 31.2 Å². The Hall–Kier alpha value is -2.97. The molecule has 178 valence electrons. The SMILES string of the molecule is COc1ccc(C2CCCN(C(=O)c3sc(-c4ccccn4)nc3C)N2)cc1OC1CCCC1. The minimum absolute atomic E-state index is 0.0259. The van der Waals surface area contributed by atoms with Crippen LogP contribution in [0.4, 0.5) is 0 Å². The zero-order valence-electron chi connectivity index (χ0n) is 19.6. The number of aryl methyl sites for hydroxylation is 1. The number of carbonyl (C=O) groups excluding carboxylic acids is 1. The number of carbonyl (C=O) groups is 1. The molecule has 1 saturated carbocycles. The van der Waals surface area contributed by atoms with Gasteiger partial charge in [0.25, 0.3) is 5.91 Å². The summed E-state index contributed by atoms with van der Waals surface area (Å²) in [5.74, 6) is 1.50. The lowest BCUT2D eigenvalue weighted by molar-refractivity contribution is 0.0537. The van der Waals surface area contributed by atoms with E-state index in [1.54, 1.807) is 18.3 Å². The van der Waals surface area contributed by atoms with Crippen LogP contribution in [0.1, 0.15) is 65.5 Å². The molecule has 1 unspecified atom stereocenters. The van der Waals surface area contributed by atoms with Crippen LogP contribution in [0.2, 0.25) is 0 Å². The molecule has 2 fully saturated rings. The smallest absolute Gasteiger partial charge is 0.279 e. The van der Waals surface area contributed by atoms with Gasteiger partial charge in [0.2, 0.25) is 0 Å². The van der Waals surface area contributed by atoms with Crippen molar-refractivity contribution >= 4 is 17.2 Å². The van der Waals surface area contributed by atoms with Gasteiger partial charge in [0.1, 0.15) is 9.88 Å². The second kappa shape index (κ2) is 10.1. The molecule has 7 nitrogen and oxygen atoms in total. The molecule has 3 aromatic rings. The van der Waals surface area contributed by atoms with Crippen LogP contribution < -0.4 is 14.9 Å². The molecule has 5 rings (SSSR count). The molecule has 2 aliphatic rings. The number of nitrogens with zero attached hydrogens (tertiary/aromatic N) is 3. The zero-order valence-corrected chi connectivity index (χ0v) is 20.4. The van der Waals surface area contributed by atoms with E-state index in [1.165, 1.54) is 24.2 Å². The summed E-state index contributed by atoms with van der Waals surface area (Å²) < 4.78 is 11.8. The number of nitrogens with one attached hydrogen (secondary N) is 1. The summed E-state index contributed by atoms with van der Waals surface area (Å²) in [7, 11) is 1.67. The Labute approximate surface area is 204 Å². The molecule has 3 heterocycles. The Morgan fingerprint density at radius 3 is 2.74 bits per heavy atom. The molecule has 1 atom stereocenters. The highest BCUT2D eigenvalue weighted by Crippen LogP contribution is 2.36. The van der Waals surface area contributed by atoms with Crippen molar-refractivity contribution in [1.82, 2.24) is 20.4 Å². The summed E-state index contributed by atoms with van der Waals surface area (Å²) in [6.45, 7) is 2.54. The molecule has 0 bridgehead atoms. The van der Waals surface area contributed by atoms with Gasteiger partial charge in [-0.2, -0.15) is 0 Å². The Kier molecular flexibility index (Phi) is 6.78. The highest BCUT2D eigenvalue weighted by molar-refractivity contribution is 7.17. The van der Waals surface area contributed by atoms with Crippen molar-refractivity contribution in [2.75, 3.05) is 13.7 Å². The highest BCUT2D eigenvalue weighted by Gasteiger charge is 2.29. The van der Waals surface area contributed by atoms with Gasteiger partial charge in [-0.05, 0) is 75.3 Å².